The van der Waals surface area contributed by atoms with Crippen LogP contribution in [-0.4, -0.2) is 27.7 Å². The van der Waals surface area contributed by atoms with E-state index in [9.17, 15) is 9.59 Å². The summed E-state index contributed by atoms with van der Waals surface area (Å²) >= 11 is 0. The van der Waals surface area contributed by atoms with E-state index in [1.54, 1.807) is 66.5 Å². The first-order valence-corrected chi connectivity index (χ1v) is 9.00. The lowest BCUT2D eigenvalue weighted by atomic mass is 10.1. The van der Waals surface area contributed by atoms with E-state index in [1.807, 2.05) is 13.8 Å². The summed E-state index contributed by atoms with van der Waals surface area (Å²) in [5.74, 6) is 0.993. The lowest BCUT2D eigenvalue weighted by Gasteiger charge is -2.14. The molecule has 1 heterocycles. The Kier molecular flexibility index (Phi) is 5.82. The second kappa shape index (κ2) is 8.47. The van der Waals surface area contributed by atoms with Crippen molar-refractivity contribution in [2.45, 2.75) is 20.0 Å². The Morgan fingerprint density at radius 3 is 2.28 bits per heavy atom. The van der Waals surface area contributed by atoms with E-state index in [0.29, 0.717) is 34.2 Å². The topological polar surface area (TPSA) is 108 Å². The number of carbonyl (C=O) groups excluding carboxylic acids is 2. The minimum Gasteiger partial charge on any atom is -0.491 e. The predicted molar refractivity (Wildman–Crippen MR) is 108 cm³/mol. The third kappa shape index (κ3) is 5.35. The van der Waals surface area contributed by atoms with Gasteiger partial charge >= 0.3 is 0 Å². The number of benzene rings is 2. The van der Waals surface area contributed by atoms with Crippen molar-refractivity contribution in [3.8, 4) is 17.2 Å². The molecule has 0 spiro atoms. The number of ether oxygens (including phenoxy) is 2. The zero-order chi connectivity index (χ0) is 21.0. The smallest absolute Gasteiger partial charge is 0.257 e. The van der Waals surface area contributed by atoms with Crippen molar-refractivity contribution >= 4 is 17.6 Å². The van der Waals surface area contributed by atoms with Crippen LogP contribution < -0.4 is 20.5 Å². The van der Waals surface area contributed by atoms with Crippen LogP contribution in [0.1, 0.15) is 34.6 Å². The third-order valence-electron chi connectivity index (χ3n) is 3.84. The van der Waals surface area contributed by atoms with Crippen LogP contribution in [0, 0.1) is 0 Å². The van der Waals surface area contributed by atoms with Gasteiger partial charge in [0.05, 0.1) is 6.10 Å². The maximum Gasteiger partial charge on any atom is 0.257 e. The standard InChI is InChI=1S/C21H22N4O4/c1-13(2)28-17-10-15(21(27)23-19-8-9-25(3)24-19)11-18(12-17)29-16-6-4-14(5-7-16)20(22)26/h4-13H,1-3H3,(H2,22,26)(H,23,24,27). The molecule has 0 bridgehead atoms. The molecule has 0 unspecified atom stereocenters. The van der Waals surface area contributed by atoms with E-state index in [1.165, 1.54) is 0 Å². The molecule has 0 aliphatic rings. The van der Waals surface area contributed by atoms with Crippen molar-refractivity contribution < 1.29 is 19.1 Å². The molecule has 2 aromatic carbocycles. The molecule has 0 fully saturated rings. The summed E-state index contributed by atoms with van der Waals surface area (Å²) in [6.07, 6.45) is 1.66. The van der Waals surface area contributed by atoms with E-state index in [0.717, 1.165) is 0 Å². The Labute approximate surface area is 168 Å². The van der Waals surface area contributed by atoms with Crippen LogP contribution in [0.25, 0.3) is 0 Å². The number of primary amides is 1. The summed E-state index contributed by atoms with van der Waals surface area (Å²) in [4.78, 5) is 23.9. The third-order valence-corrected chi connectivity index (χ3v) is 3.84. The fraction of sp³-hybridized carbons (Fsp3) is 0.190. The molecule has 0 radical (unpaired) electrons. The molecule has 0 saturated carbocycles. The summed E-state index contributed by atoms with van der Waals surface area (Å²) in [5, 5.41) is 6.88. The lowest BCUT2D eigenvalue weighted by Crippen LogP contribution is -2.13. The largest absolute Gasteiger partial charge is 0.491 e. The molecule has 3 aromatic rings. The molecule has 0 aliphatic carbocycles. The average molecular weight is 394 g/mol. The van der Waals surface area contributed by atoms with Gasteiger partial charge in [0.25, 0.3) is 5.91 Å². The van der Waals surface area contributed by atoms with Crippen molar-refractivity contribution in [2.24, 2.45) is 12.8 Å². The van der Waals surface area contributed by atoms with Crippen LogP contribution in [0.4, 0.5) is 5.82 Å². The number of hydrogen-bond acceptors (Lipinski definition) is 5. The van der Waals surface area contributed by atoms with Gasteiger partial charge in [0.15, 0.2) is 5.82 Å². The Balaban J connectivity index is 1.86. The van der Waals surface area contributed by atoms with E-state index in [4.69, 9.17) is 15.2 Å². The molecule has 0 atom stereocenters. The highest BCUT2D eigenvalue weighted by Gasteiger charge is 2.13. The number of hydrogen-bond donors (Lipinski definition) is 2. The number of aromatic nitrogens is 2. The van der Waals surface area contributed by atoms with E-state index in [-0.39, 0.29) is 12.0 Å². The fourth-order valence-corrected chi connectivity index (χ4v) is 2.60. The van der Waals surface area contributed by atoms with Gasteiger partial charge in [0.1, 0.15) is 17.2 Å². The van der Waals surface area contributed by atoms with Crippen LogP contribution in [0.3, 0.4) is 0 Å². The van der Waals surface area contributed by atoms with Gasteiger partial charge in [-0.25, -0.2) is 0 Å². The number of nitrogens with one attached hydrogen (secondary N) is 1. The first kappa shape index (κ1) is 19.9. The second-order valence-electron chi connectivity index (χ2n) is 6.68. The molecule has 3 N–H and O–H groups in total. The van der Waals surface area contributed by atoms with Gasteiger partial charge in [-0.1, -0.05) is 0 Å². The quantitative estimate of drug-likeness (QED) is 0.639. The highest BCUT2D eigenvalue weighted by atomic mass is 16.5. The monoisotopic (exact) mass is 394 g/mol. The van der Waals surface area contributed by atoms with Crippen molar-refractivity contribution in [1.82, 2.24) is 9.78 Å². The van der Waals surface area contributed by atoms with Gasteiger partial charge < -0.3 is 20.5 Å². The summed E-state index contributed by atoms with van der Waals surface area (Å²) < 4.78 is 13.2. The first-order valence-electron chi connectivity index (χ1n) is 9.00. The predicted octanol–water partition coefficient (Wildman–Crippen LogP) is 3.35. The lowest BCUT2D eigenvalue weighted by molar-refractivity contribution is 0.0997. The number of rotatable bonds is 7. The molecular weight excluding hydrogens is 372 g/mol. The molecule has 150 valence electrons. The Bertz CT molecular complexity index is 1030. The summed E-state index contributed by atoms with van der Waals surface area (Å²) in [7, 11) is 1.77. The summed E-state index contributed by atoms with van der Waals surface area (Å²) in [6.45, 7) is 3.79. The molecule has 8 nitrogen and oxygen atoms in total. The SMILES string of the molecule is CC(C)Oc1cc(Oc2ccc(C(N)=O)cc2)cc(C(=O)Nc2ccn(C)n2)c1. The van der Waals surface area contributed by atoms with Gasteiger partial charge in [-0.05, 0) is 50.2 Å². The maximum atomic E-state index is 12.7. The summed E-state index contributed by atoms with van der Waals surface area (Å²) in [6, 6.07) is 13.0. The molecular formula is C21H22N4O4. The molecule has 2 amide bonds. The Hall–Kier alpha value is -3.81. The number of anilines is 1. The van der Waals surface area contributed by atoms with Gasteiger partial charge in [-0.2, -0.15) is 5.10 Å². The highest BCUT2D eigenvalue weighted by molar-refractivity contribution is 6.04. The zero-order valence-corrected chi connectivity index (χ0v) is 16.4. The van der Waals surface area contributed by atoms with Crippen LogP contribution in [-0.2, 0) is 7.05 Å². The van der Waals surface area contributed by atoms with Gasteiger partial charge in [0.2, 0.25) is 5.91 Å². The van der Waals surface area contributed by atoms with Crippen LogP contribution in [0.5, 0.6) is 17.2 Å². The van der Waals surface area contributed by atoms with Gasteiger partial charge in [-0.3, -0.25) is 14.3 Å². The van der Waals surface area contributed by atoms with Crippen LogP contribution in [0.15, 0.2) is 54.7 Å². The summed E-state index contributed by atoms with van der Waals surface area (Å²) in [5.41, 5.74) is 5.99. The van der Waals surface area contributed by atoms with Crippen molar-refractivity contribution in [1.29, 1.82) is 0 Å². The number of carbonyl (C=O) groups is 2. The average Bonchev–Trinajstić information content (AvgIpc) is 3.06. The molecule has 29 heavy (non-hydrogen) atoms. The molecule has 1 aromatic heterocycles. The van der Waals surface area contributed by atoms with Crippen LogP contribution >= 0.6 is 0 Å². The number of aryl methyl sites for hydroxylation is 1. The maximum absolute atomic E-state index is 12.7. The van der Waals surface area contributed by atoms with Gasteiger partial charge in [-0.15, -0.1) is 0 Å². The zero-order valence-electron chi connectivity index (χ0n) is 16.4. The minimum atomic E-state index is -0.516. The Morgan fingerprint density at radius 2 is 1.69 bits per heavy atom. The number of nitrogens with zero attached hydrogens (tertiary/aromatic N) is 2. The molecule has 8 heteroatoms. The normalized spacial score (nSPS) is 10.6. The van der Waals surface area contributed by atoms with Gasteiger partial charge in [0, 0.05) is 36.5 Å². The molecule has 0 saturated heterocycles. The van der Waals surface area contributed by atoms with Crippen molar-refractivity contribution in [3.63, 3.8) is 0 Å². The first-order chi connectivity index (χ1) is 13.8. The van der Waals surface area contributed by atoms with Crippen LogP contribution in [0.2, 0.25) is 0 Å². The number of nitrogens with two attached hydrogens (primary N) is 1. The fourth-order valence-electron chi connectivity index (χ4n) is 2.60. The van der Waals surface area contributed by atoms with Crippen molar-refractivity contribution in [2.75, 3.05) is 5.32 Å². The van der Waals surface area contributed by atoms with Crippen molar-refractivity contribution in [3.05, 3.63) is 65.9 Å². The Morgan fingerprint density at radius 1 is 1.00 bits per heavy atom. The number of amides is 2. The van der Waals surface area contributed by atoms with E-state index < -0.39 is 5.91 Å². The molecule has 3 rings (SSSR count). The second-order valence-corrected chi connectivity index (χ2v) is 6.68. The van der Waals surface area contributed by atoms with E-state index >= 15 is 0 Å². The minimum absolute atomic E-state index is 0.0770. The molecule has 0 aliphatic heterocycles. The highest BCUT2D eigenvalue weighted by Crippen LogP contribution is 2.29. The van der Waals surface area contributed by atoms with E-state index in [2.05, 4.69) is 10.4 Å².